The molecule has 0 atom stereocenters. The Morgan fingerprint density at radius 3 is 2.11 bits per heavy atom. The molecule has 0 aliphatic heterocycles. The lowest BCUT2D eigenvalue weighted by Gasteiger charge is -2.20. The van der Waals surface area contributed by atoms with Crippen molar-refractivity contribution in [1.29, 1.82) is 0 Å². The number of ether oxygens (including phenoxy) is 1. The third-order valence-corrected chi connectivity index (χ3v) is 3.19. The van der Waals surface area contributed by atoms with Crippen LogP contribution in [0.3, 0.4) is 0 Å². The van der Waals surface area contributed by atoms with Crippen molar-refractivity contribution in [3.05, 3.63) is 35.4 Å². The van der Waals surface area contributed by atoms with Gasteiger partial charge in [-0.2, -0.15) is 0 Å². The summed E-state index contributed by atoms with van der Waals surface area (Å²) in [4.78, 5) is 14.2. The van der Waals surface area contributed by atoms with Crippen LogP contribution < -0.4 is 0 Å². The number of benzene rings is 1. The van der Waals surface area contributed by atoms with Crippen LogP contribution in [-0.4, -0.2) is 17.3 Å². The van der Waals surface area contributed by atoms with Crippen LogP contribution in [-0.2, 0) is 11.3 Å². The predicted octanol–water partition coefficient (Wildman–Crippen LogP) is 4.89. The van der Waals surface area contributed by atoms with E-state index in [1.165, 1.54) is 0 Å². The van der Waals surface area contributed by atoms with Crippen LogP contribution in [0.1, 0.15) is 50.0 Å². The highest BCUT2D eigenvalue weighted by atomic mass is 127. The summed E-state index contributed by atoms with van der Waals surface area (Å²) < 4.78 is 5.32. The van der Waals surface area contributed by atoms with Gasteiger partial charge >= 0.3 is 0 Å². The summed E-state index contributed by atoms with van der Waals surface area (Å²) in [6.07, 6.45) is 0.854. The molecular formula is C16H25IO2. The molecule has 0 aliphatic rings. The van der Waals surface area contributed by atoms with E-state index in [0.717, 1.165) is 17.5 Å². The van der Waals surface area contributed by atoms with Gasteiger partial charge in [0.05, 0.1) is 6.61 Å². The van der Waals surface area contributed by atoms with E-state index in [9.17, 15) is 4.79 Å². The number of carbonyl (C=O) groups is 1. The van der Waals surface area contributed by atoms with E-state index in [1.807, 2.05) is 56.9 Å². The maximum Gasteiger partial charge on any atom is 0.168 e. The van der Waals surface area contributed by atoms with Gasteiger partial charge < -0.3 is 4.74 Å². The number of Topliss-reactive ketones (excluding diaryl/α,β-unsaturated/α-hetero) is 1. The lowest BCUT2D eigenvalue weighted by molar-refractivity contribution is 0.0833. The average Bonchev–Trinajstić information content (AvgIpc) is 2.47. The summed E-state index contributed by atoms with van der Waals surface area (Å²) in [5, 5.41) is 0. The number of hydrogen-bond donors (Lipinski definition) is 0. The summed E-state index contributed by atoms with van der Waals surface area (Å²) >= 11 is 2.15. The molecule has 0 saturated carbocycles. The molecule has 0 N–H and O–H groups in total. The lowest BCUT2D eigenvalue weighted by Crippen LogP contribution is -2.23. The summed E-state index contributed by atoms with van der Waals surface area (Å²) in [6.45, 7) is 9.32. The third kappa shape index (κ3) is 6.04. The van der Waals surface area contributed by atoms with Gasteiger partial charge in [-0.1, -0.05) is 67.6 Å². The van der Waals surface area contributed by atoms with Gasteiger partial charge in [0, 0.05) is 17.6 Å². The van der Waals surface area contributed by atoms with E-state index in [1.54, 1.807) is 0 Å². The molecule has 0 aliphatic carbocycles. The second kappa shape index (κ2) is 9.48. The van der Waals surface area contributed by atoms with Crippen LogP contribution >= 0.6 is 22.6 Å². The van der Waals surface area contributed by atoms with Crippen molar-refractivity contribution in [3.63, 3.8) is 0 Å². The Labute approximate surface area is 131 Å². The van der Waals surface area contributed by atoms with E-state index in [4.69, 9.17) is 4.74 Å². The molecule has 1 aromatic rings. The van der Waals surface area contributed by atoms with Crippen LogP contribution in [0.15, 0.2) is 24.3 Å². The zero-order chi connectivity index (χ0) is 14.9. The Balaban J connectivity index is 0.00000154. The molecule has 0 radical (unpaired) electrons. The number of hydrogen-bond acceptors (Lipinski definition) is 2. The first-order chi connectivity index (χ1) is 9.01. The quantitative estimate of drug-likeness (QED) is 0.401. The highest BCUT2D eigenvalue weighted by Crippen LogP contribution is 2.25. The van der Waals surface area contributed by atoms with Crippen molar-refractivity contribution >= 4 is 28.4 Å². The van der Waals surface area contributed by atoms with Crippen molar-refractivity contribution in [3.8, 4) is 0 Å². The fourth-order valence-electron chi connectivity index (χ4n) is 1.52. The molecule has 3 heteroatoms. The van der Waals surface area contributed by atoms with Gasteiger partial charge in [0.2, 0.25) is 0 Å². The molecule has 0 unspecified atom stereocenters. The van der Waals surface area contributed by atoms with Crippen LogP contribution in [0.5, 0.6) is 0 Å². The molecule has 0 amide bonds. The van der Waals surface area contributed by atoms with Crippen LogP contribution in [0, 0.1) is 5.41 Å². The molecular weight excluding hydrogens is 351 g/mol. The zero-order valence-electron chi connectivity index (χ0n) is 12.6. The Bertz CT molecular complexity index is 369. The first-order valence-electron chi connectivity index (χ1n) is 6.60. The molecule has 0 aromatic heterocycles. The first-order valence-corrected chi connectivity index (χ1v) is 8.76. The van der Waals surface area contributed by atoms with E-state index in [-0.39, 0.29) is 11.2 Å². The fraction of sp³-hybridized carbons (Fsp3) is 0.562. The normalized spacial score (nSPS) is 10.6. The van der Waals surface area contributed by atoms with Gasteiger partial charge in [-0.3, -0.25) is 4.79 Å². The minimum absolute atomic E-state index is 0.211. The van der Waals surface area contributed by atoms with E-state index >= 15 is 0 Å². The lowest BCUT2D eigenvalue weighted by atomic mass is 9.82. The third-order valence-electron chi connectivity index (χ3n) is 3.19. The van der Waals surface area contributed by atoms with Gasteiger partial charge in [0.15, 0.2) is 5.78 Å². The molecule has 1 aromatic carbocycles. The first kappa shape index (κ1) is 18.6. The largest absolute Gasteiger partial charge is 0.377 e. The average molecular weight is 376 g/mol. The van der Waals surface area contributed by atoms with Crippen molar-refractivity contribution in [2.45, 2.75) is 40.7 Å². The van der Waals surface area contributed by atoms with Crippen molar-refractivity contribution in [2.75, 3.05) is 11.5 Å². The van der Waals surface area contributed by atoms with E-state index in [2.05, 4.69) is 22.6 Å². The molecule has 1 rings (SSSR count). The minimum atomic E-state index is -0.276. The SMILES string of the molecule is CCOCc1ccc(C(=O)C(C)(C)CC)cc1.CI. The molecule has 0 heterocycles. The van der Waals surface area contributed by atoms with Crippen LogP contribution in [0.2, 0.25) is 0 Å². The number of carbonyl (C=O) groups excluding carboxylic acids is 1. The Hall–Kier alpha value is -0.420. The second-order valence-electron chi connectivity index (χ2n) is 4.90. The molecule has 0 saturated heterocycles. The Morgan fingerprint density at radius 1 is 1.16 bits per heavy atom. The van der Waals surface area contributed by atoms with Gasteiger partial charge in [-0.25, -0.2) is 0 Å². The maximum absolute atomic E-state index is 12.2. The summed E-state index contributed by atoms with van der Waals surface area (Å²) in [6, 6.07) is 7.73. The Kier molecular flexibility index (Phi) is 9.27. The van der Waals surface area contributed by atoms with Crippen LogP contribution in [0.4, 0.5) is 0 Å². The van der Waals surface area contributed by atoms with Crippen molar-refractivity contribution < 1.29 is 9.53 Å². The maximum atomic E-state index is 12.2. The molecule has 0 bridgehead atoms. The van der Waals surface area contributed by atoms with E-state index < -0.39 is 0 Å². The van der Waals surface area contributed by atoms with E-state index in [0.29, 0.717) is 13.2 Å². The number of ketones is 1. The van der Waals surface area contributed by atoms with Gasteiger partial charge in [-0.15, -0.1) is 0 Å². The topological polar surface area (TPSA) is 26.3 Å². The summed E-state index contributed by atoms with van der Waals surface area (Å²) in [5.41, 5.74) is 1.62. The molecule has 0 fully saturated rings. The molecule has 19 heavy (non-hydrogen) atoms. The monoisotopic (exact) mass is 376 g/mol. The minimum Gasteiger partial charge on any atom is -0.377 e. The van der Waals surface area contributed by atoms with Gasteiger partial charge in [-0.05, 0) is 23.8 Å². The second-order valence-corrected chi connectivity index (χ2v) is 4.90. The molecule has 2 nitrogen and oxygen atoms in total. The molecule has 108 valence electrons. The Morgan fingerprint density at radius 2 is 1.68 bits per heavy atom. The highest BCUT2D eigenvalue weighted by Gasteiger charge is 2.26. The summed E-state index contributed by atoms with van der Waals surface area (Å²) in [7, 11) is 0. The zero-order valence-corrected chi connectivity index (χ0v) is 14.8. The van der Waals surface area contributed by atoms with Crippen molar-refractivity contribution in [1.82, 2.24) is 0 Å². The van der Waals surface area contributed by atoms with Gasteiger partial charge in [0.1, 0.15) is 0 Å². The number of alkyl halides is 1. The molecule has 0 spiro atoms. The fourth-order valence-corrected chi connectivity index (χ4v) is 1.52. The van der Waals surface area contributed by atoms with Crippen molar-refractivity contribution in [2.24, 2.45) is 5.41 Å². The smallest absolute Gasteiger partial charge is 0.168 e. The van der Waals surface area contributed by atoms with Gasteiger partial charge in [0.25, 0.3) is 0 Å². The summed E-state index contributed by atoms with van der Waals surface area (Å²) in [5.74, 6) is 0.211. The standard InChI is InChI=1S/C15H22O2.CH3I/c1-5-15(3,4)14(16)13-9-7-12(8-10-13)11-17-6-2;1-2/h7-10H,5-6,11H2,1-4H3;1H3. The number of rotatable bonds is 6. The number of halogens is 1. The van der Waals surface area contributed by atoms with Crippen LogP contribution in [0.25, 0.3) is 0 Å². The predicted molar refractivity (Wildman–Crippen MR) is 90.1 cm³/mol. The highest BCUT2D eigenvalue weighted by molar-refractivity contribution is 14.1.